The first kappa shape index (κ1) is 17.5. The third-order valence-corrected chi connectivity index (χ3v) is 3.28. The lowest BCUT2D eigenvalue weighted by Gasteiger charge is -2.13. The molecule has 0 unspecified atom stereocenters. The molecule has 1 atom stereocenters. The molecule has 0 saturated carbocycles. The Kier molecular flexibility index (Phi) is 5.89. The molecule has 2 aromatic rings. The number of esters is 1. The van der Waals surface area contributed by atoms with Crippen LogP contribution < -0.4 is 9.47 Å². The number of pyridine rings is 1. The van der Waals surface area contributed by atoms with Crippen molar-refractivity contribution in [2.45, 2.75) is 20.0 Å². The van der Waals surface area contributed by atoms with E-state index in [2.05, 4.69) is 4.98 Å². The van der Waals surface area contributed by atoms with E-state index in [1.165, 1.54) is 26.3 Å². The van der Waals surface area contributed by atoms with Gasteiger partial charge in [0.15, 0.2) is 6.10 Å². The molecular weight excluding hydrogens is 310 g/mol. The van der Waals surface area contributed by atoms with Gasteiger partial charge in [0.25, 0.3) is 0 Å². The highest BCUT2D eigenvalue weighted by Crippen LogP contribution is 2.15. The van der Waals surface area contributed by atoms with E-state index >= 15 is 0 Å². The van der Waals surface area contributed by atoms with Gasteiger partial charge in [-0.15, -0.1) is 0 Å². The first-order chi connectivity index (χ1) is 11.5. The van der Waals surface area contributed by atoms with Crippen LogP contribution in [0.2, 0.25) is 0 Å². The summed E-state index contributed by atoms with van der Waals surface area (Å²) in [7, 11) is 1.48. The van der Waals surface area contributed by atoms with Crippen molar-refractivity contribution in [3.05, 3.63) is 53.7 Å². The number of benzene rings is 1. The van der Waals surface area contributed by atoms with Crippen LogP contribution in [0.25, 0.3) is 0 Å². The highest BCUT2D eigenvalue weighted by molar-refractivity contribution is 6.01. The Hall–Kier alpha value is -2.89. The smallest absolute Gasteiger partial charge is 0.340 e. The SMILES string of the molecule is CCOc1ccc(C(=O)[C@H](C)OC(=O)c2ccc(OC)nc2)cc1. The van der Waals surface area contributed by atoms with Crippen LogP contribution in [0.15, 0.2) is 42.6 Å². The van der Waals surface area contributed by atoms with Gasteiger partial charge in [-0.05, 0) is 44.2 Å². The Bertz CT molecular complexity index is 694. The van der Waals surface area contributed by atoms with Gasteiger partial charge in [0.1, 0.15) is 5.75 Å². The Labute approximate surface area is 140 Å². The monoisotopic (exact) mass is 329 g/mol. The number of nitrogens with zero attached hydrogens (tertiary/aromatic N) is 1. The highest BCUT2D eigenvalue weighted by Gasteiger charge is 2.20. The summed E-state index contributed by atoms with van der Waals surface area (Å²) in [5.41, 5.74) is 0.703. The number of carbonyl (C=O) groups is 2. The summed E-state index contributed by atoms with van der Waals surface area (Å²) in [6, 6.07) is 9.79. The van der Waals surface area contributed by atoms with E-state index in [0.29, 0.717) is 23.8 Å². The topological polar surface area (TPSA) is 74.7 Å². The molecule has 0 radical (unpaired) electrons. The van der Waals surface area contributed by atoms with Crippen molar-refractivity contribution in [3.8, 4) is 11.6 Å². The maximum atomic E-state index is 12.3. The van der Waals surface area contributed by atoms with Crippen LogP contribution in [0.5, 0.6) is 11.6 Å². The predicted molar refractivity (Wildman–Crippen MR) is 87.6 cm³/mol. The molecule has 0 fully saturated rings. The number of hydrogen-bond donors (Lipinski definition) is 0. The molecular formula is C18H19NO5. The van der Waals surface area contributed by atoms with Gasteiger partial charge in [0.2, 0.25) is 11.7 Å². The van der Waals surface area contributed by atoms with Gasteiger partial charge in [-0.25, -0.2) is 9.78 Å². The lowest BCUT2D eigenvalue weighted by atomic mass is 10.1. The predicted octanol–water partition coefficient (Wildman–Crippen LogP) is 2.92. The minimum absolute atomic E-state index is 0.252. The van der Waals surface area contributed by atoms with Crippen LogP contribution >= 0.6 is 0 Å². The third kappa shape index (κ3) is 4.32. The summed E-state index contributed by atoms with van der Waals surface area (Å²) in [5, 5.41) is 0. The molecule has 0 amide bonds. The number of ketones is 1. The van der Waals surface area contributed by atoms with Crippen LogP contribution in [-0.4, -0.2) is 36.6 Å². The van der Waals surface area contributed by atoms with Crippen molar-refractivity contribution in [1.29, 1.82) is 0 Å². The third-order valence-electron chi connectivity index (χ3n) is 3.28. The number of ether oxygens (including phenoxy) is 3. The molecule has 24 heavy (non-hydrogen) atoms. The standard InChI is InChI=1S/C18H19NO5/c1-4-23-15-8-5-13(6-9-15)17(20)12(2)24-18(21)14-7-10-16(22-3)19-11-14/h5-12H,4H2,1-3H3/t12-/m0/s1. The Morgan fingerprint density at radius 2 is 1.75 bits per heavy atom. The van der Waals surface area contributed by atoms with Crippen LogP contribution in [-0.2, 0) is 4.74 Å². The van der Waals surface area contributed by atoms with Gasteiger partial charge in [-0.2, -0.15) is 0 Å². The van der Waals surface area contributed by atoms with Gasteiger partial charge in [-0.1, -0.05) is 0 Å². The quantitative estimate of drug-likeness (QED) is 0.574. The zero-order valence-electron chi connectivity index (χ0n) is 13.8. The number of rotatable bonds is 7. The fraction of sp³-hybridized carbons (Fsp3) is 0.278. The second-order valence-electron chi connectivity index (χ2n) is 4.96. The van der Waals surface area contributed by atoms with Gasteiger partial charge in [-0.3, -0.25) is 4.79 Å². The number of Topliss-reactive ketones (excluding diaryl/α,β-unsaturated/α-hetero) is 1. The van der Waals surface area contributed by atoms with Crippen LogP contribution in [0.1, 0.15) is 34.6 Å². The van der Waals surface area contributed by atoms with Crippen molar-refractivity contribution in [3.63, 3.8) is 0 Å². The fourth-order valence-corrected chi connectivity index (χ4v) is 2.02. The highest BCUT2D eigenvalue weighted by atomic mass is 16.5. The molecule has 0 N–H and O–H groups in total. The minimum atomic E-state index is -0.905. The largest absolute Gasteiger partial charge is 0.494 e. The maximum absolute atomic E-state index is 12.3. The zero-order chi connectivity index (χ0) is 17.5. The van der Waals surface area contributed by atoms with Gasteiger partial charge >= 0.3 is 5.97 Å². The number of carbonyl (C=O) groups excluding carboxylic acids is 2. The van der Waals surface area contributed by atoms with Crippen LogP contribution in [0.4, 0.5) is 0 Å². The molecule has 0 bridgehead atoms. The van der Waals surface area contributed by atoms with Gasteiger partial charge < -0.3 is 14.2 Å². The van der Waals surface area contributed by atoms with Crippen molar-refractivity contribution in [2.24, 2.45) is 0 Å². The van der Waals surface area contributed by atoms with Gasteiger partial charge in [0, 0.05) is 17.8 Å². The average molecular weight is 329 g/mol. The first-order valence-electron chi connectivity index (χ1n) is 7.53. The summed E-state index contributed by atoms with van der Waals surface area (Å²) in [6.07, 6.45) is 0.437. The summed E-state index contributed by atoms with van der Waals surface area (Å²) >= 11 is 0. The first-order valence-corrected chi connectivity index (χ1v) is 7.53. The van der Waals surface area contributed by atoms with Crippen LogP contribution in [0.3, 0.4) is 0 Å². The van der Waals surface area contributed by atoms with Crippen molar-refractivity contribution < 1.29 is 23.8 Å². The van der Waals surface area contributed by atoms with Crippen LogP contribution in [0, 0.1) is 0 Å². The molecule has 6 heteroatoms. The number of methoxy groups -OCH3 is 1. The van der Waals surface area contributed by atoms with E-state index < -0.39 is 12.1 Å². The molecule has 0 aliphatic heterocycles. The summed E-state index contributed by atoms with van der Waals surface area (Å²) in [4.78, 5) is 28.3. The summed E-state index contributed by atoms with van der Waals surface area (Å²) in [6.45, 7) is 3.97. The number of hydrogen-bond acceptors (Lipinski definition) is 6. The van der Waals surface area contributed by atoms with E-state index in [1.54, 1.807) is 30.3 Å². The maximum Gasteiger partial charge on any atom is 0.340 e. The zero-order valence-corrected chi connectivity index (χ0v) is 13.8. The molecule has 1 aromatic carbocycles. The summed E-state index contributed by atoms with van der Waals surface area (Å²) in [5.74, 6) is 0.179. The van der Waals surface area contributed by atoms with E-state index in [9.17, 15) is 9.59 Å². The van der Waals surface area contributed by atoms with E-state index in [-0.39, 0.29) is 11.3 Å². The molecule has 1 heterocycles. The second kappa shape index (κ2) is 8.10. The molecule has 2 rings (SSSR count). The molecule has 0 aliphatic rings. The van der Waals surface area contributed by atoms with Gasteiger partial charge in [0.05, 0.1) is 19.3 Å². The Morgan fingerprint density at radius 3 is 2.29 bits per heavy atom. The molecule has 126 valence electrons. The van der Waals surface area contributed by atoms with Crippen molar-refractivity contribution in [2.75, 3.05) is 13.7 Å². The Morgan fingerprint density at radius 1 is 1.08 bits per heavy atom. The fourth-order valence-electron chi connectivity index (χ4n) is 2.02. The molecule has 0 aliphatic carbocycles. The average Bonchev–Trinajstić information content (AvgIpc) is 2.62. The molecule has 0 saturated heterocycles. The lowest BCUT2D eigenvalue weighted by Crippen LogP contribution is -2.24. The van der Waals surface area contributed by atoms with E-state index in [4.69, 9.17) is 14.2 Å². The van der Waals surface area contributed by atoms with E-state index in [0.717, 1.165) is 0 Å². The normalized spacial score (nSPS) is 11.5. The van der Waals surface area contributed by atoms with Crippen molar-refractivity contribution >= 4 is 11.8 Å². The minimum Gasteiger partial charge on any atom is -0.494 e. The second-order valence-corrected chi connectivity index (χ2v) is 4.96. The molecule has 6 nitrogen and oxygen atoms in total. The Balaban J connectivity index is 2.00. The number of aromatic nitrogens is 1. The van der Waals surface area contributed by atoms with Crippen molar-refractivity contribution in [1.82, 2.24) is 4.98 Å². The van der Waals surface area contributed by atoms with E-state index in [1.807, 2.05) is 6.92 Å². The molecule has 0 spiro atoms. The molecule has 1 aromatic heterocycles. The lowest BCUT2D eigenvalue weighted by molar-refractivity contribution is 0.0318. The summed E-state index contributed by atoms with van der Waals surface area (Å²) < 4.78 is 15.5.